The summed E-state index contributed by atoms with van der Waals surface area (Å²) in [5.74, 6) is 0. The zero-order valence-corrected chi connectivity index (χ0v) is 11.1. The van der Waals surface area contributed by atoms with Crippen molar-refractivity contribution in [3.63, 3.8) is 0 Å². The lowest BCUT2D eigenvalue weighted by Crippen LogP contribution is -2.53. The van der Waals surface area contributed by atoms with E-state index in [0.717, 1.165) is 11.8 Å². The fraction of sp³-hybridized carbons (Fsp3) is 1.00. The minimum atomic E-state index is 0.0666. The summed E-state index contributed by atoms with van der Waals surface area (Å²) >= 11 is 3.47. The van der Waals surface area contributed by atoms with Crippen LogP contribution in [-0.2, 0) is 9.78 Å². The van der Waals surface area contributed by atoms with Crippen LogP contribution in [0.3, 0.4) is 0 Å². The van der Waals surface area contributed by atoms with Gasteiger partial charge in [-0.05, 0) is 51.4 Å². The predicted octanol–water partition coefficient (Wildman–Crippen LogP) is 3.98. The van der Waals surface area contributed by atoms with Crippen LogP contribution in [0.15, 0.2) is 0 Å². The zero-order chi connectivity index (χ0) is 10.8. The molecule has 0 aromatic carbocycles. The molecular weight excluding hydrogens is 256 g/mol. The first kappa shape index (κ1) is 11.9. The molecule has 0 N–H and O–H groups in total. The van der Waals surface area contributed by atoms with Gasteiger partial charge < -0.3 is 0 Å². The van der Waals surface area contributed by atoms with Crippen LogP contribution >= 0.6 is 15.9 Å². The fourth-order valence-corrected chi connectivity index (χ4v) is 3.15. The van der Waals surface area contributed by atoms with E-state index in [4.69, 9.17) is 9.78 Å². The average molecular weight is 277 g/mol. The second kappa shape index (κ2) is 4.72. The smallest absolute Gasteiger partial charge is 0.104 e. The van der Waals surface area contributed by atoms with E-state index >= 15 is 0 Å². The fourth-order valence-electron chi connectivity index (χ4n) is 2.75. The minimum absolute atomic E-state index is 0.0666. The Balaban J connectivity index is 1.86. The molecule has 0 spiro atoms. The Morgan fingerprint density at radius 3 is 2.07 bits per heavy atom. The molecule has 0 unspecified atom stereocenters. The van der Waals surface area contributed by atoms with E-state index in [9.17, 15) is 0 Å². The Bertz CT molecular complexity index is 187. The number of unbranched alkanes of at least 4 members (excludes halogenated alkanes) is 1. The van der Waals surface area contributed by atoms with E-state index in [1.54, 1.807) is 0 Å². The van der Waals surface area contributed by atoms with Crippen molar-refractivity contribution in [3.05, 3.63) is 0 Å². The Labute approximate surface area is 101 Å². The maximum absolute atomic E-state index is 5.69. The summed E-state index contributed by atoms with van der Waals surface area (Å²) in [5, 5.41) is 1.10. The molecule has 2 saturated heterocycles. The third-order valence-corrected chi connectivity index (χ3v) is 4.69. The monoisotopic (exact) mass is 276 g/mol. The molecule has 2 heterocycles. The van der Waals surface area contributed by atoms with Crippen LogP contribution in [-0.4, -0.2) is 16.5 Å². The van der Waals surface area contributed by atoms with Crippen molar-refractivity contribution in [2.75, 3.05) is 5.33 Å². The van der Waals surface area contributed by atoms with Gasteiger partial charge in [-0.2, -0.15) is 0 Å². The van der Waals surface area contributed by atoms with Gasteiger partial charge in [0.15, 0.2) is 0 Å². The highest BCUT2D eigenvalue weighted by Crippen LogP contribution is 2.49. The molecule has 0 amide bonds. The van der Waals surface area contributed by atoms with Crippen molar-refractivity contribution in [3.8, 4) is 0 Å². The van der Waals surface area contributed by atoms with Crippen LogP contribution in [0.5, 0.6) is 0 Å². The molecule has 0 radical (unpaired) electrons. The van der Waals surface area contributed by atoms with Crippen LogP contribution in [0.2, 0.25) is 0 Å². The summed E-state index contributed by atoms with van der Waals surface area (Å²) in [7, 11) is 0. The van der Waals surface area contributed by atoms with Crippen molar-refractivity contribution in [2.24, 2.45) is 0 Å². The van der Waals surface area contributed by atoms with Gasteiger partial charge >= 0.3 is 0 Å². The van der Waals surface area contributed by atoms with Crippen LogP contribution < -0.4 is 0 Å². The standard InChI is InChI=1S/C12H21BrO2/c1-2-11-6-8-12(9-7-11,15-14-11)5-3-4-10-13/h2-10H2,1H3. The first-order valence-corrected chi connectivity index (χ1v) is 7.29. The lowest BCUT2D eigenvalue weighted by atomic mass is 9.72. The molecule has 0 aromatic rings. The average Bonchev–Trinajstić information content (AvgIpc) is 2.32. The van der Waals surface area contributed by atoms with Crippen molar-refractivity contribution in [1.29, 1.82) is 0 Å². The van der Waals surface area contributed by atoms with Crippen molar-refractivity contribution >= 4 is 15.9 Å². The third kappa shape index (κ3) is 2.40. The molecular formula is C12H21BrO2. The predicted molar refractivity (Wildman–Crippen MR) is 64.0 cm³/mol. The summed E-state index contributed by atoms with van der Waals surface area (Å²) in [5.41, 5.74) is 0.135. The minimum Gasteiger partial charge on any atom is -0.230 e. The van der Waals surface area contributed by atoms with Crippen molar-refractivity contribution in [1.82, 2.24) is 0 Å². The maximum Gasteiger partial charge on any atom is 0.104 e. The second-order valence-electron chi connectivity index (χ2n) is 5.03. The Hall–Kier alpha value is 0.400. The normalized spacial score (nSPS) is 39.6. The molecule has 2 nitrogen and oxygen atoms in total. The van der Waals surface area contributed by atoms with Gasteiger partial charge in [0.2, 0.25) is 0 Å². The van der Waals surface area contributed by atoms with E-state index in [0.29, 0.717) is 0 Å². The van der Waals surface area contributed by atoms with Crippen LogP contribution in [0.1, 0.15) is 58.3 Å². The summed E-state index contributed by atoms with van der Waals surface area (Å²) in [4.78, 5) is 11.3. The highest BCUT2D eigenvalue weighted by molar-refractivity contribution is 9.09. The molecule has 3 fully saturated rings. The molecule has 2 aliphatic heterocycles. The molecule has 2 bridgehead atoms. The van der Waals surface area contributed by atoms with Crippen molar-refractivity contribution in [2.45, 2.75) is 69.5 Å². The second-order valence-corrected chi connectivity index (χ2v) is 5.83. The van der Waals surface area contributed by atoms with Gasteiger partial charge in [0.05, 0.1) is 0 Å². The highest BCUT2D eigenvalue weighted by atomic mass is 79.9. The summed E-state index contributed by atoms with van der Waals surface area (Å²) in [6.45, 7) is 2.20. The number of alkyl halides is 1. The number of halogens is 1. The number of hydrogen-bond donors (Lipinski definition) is 0. The van der Waals surface area contributed by atoms with Gasteiger partial charge in [-0.3, -0.25) is 0 Å². The van der Waals surface area contributed by atoms with E-state index in [1.807, 2.05) is 0 Å². The third-order valence-electron chi connectivity index (χ3n) is 4.13. The van der Waals surface area contributed by atoms with Gasteiger partial charge in [0, 0.05) is 5.33 Å². The highest BCUT2D eigenvalue weighted by Gasteiger charge is 2.50. The number of hydrogen-bond acceptors (Lipinski definition) is 2. The molecule has 1 saturated carbocycles. The molecule has 3 aliphatic rings. The molecule has 3 heteroatoms. The molecule has 3 rings (SSSR count). The first-order valence-electron chi connectivity index (χ1n) is 6.17. The van der Waals surface area contributed by atoms with E-state index in [2.05, 4.69) is 22.9 Å². The van der Waals surface area contributed by atoms with Crippen LogP contribution in [0.25, 0.3) is 0 Å². The molecule has 88 valence electrons. The molecule has 0 atom stereocenters. The van der Waals surface area contributed by atoms with Gasteiger partial charge in [-0.25, -0.2) is 9.78 Å². The first-order chi connectivity index (χ1) is 7.24. The topological polar surface area (TPSA) is 18.5 Å². The van der Waals surface area contributed by atoms with Crippen molar-refractivity contribution < 1.29 is 9.78 Å². The van der Waals surface area contributed by atoms with Gasteiger partial charge in [0.25, 0.3) is 0 Å². The van der Waals surface area contributed by atoms with Gasteiger partial charge in [0.1, 0.15) is 11.2 Å². The largest absolute Gasteiger partial charge is 0.230 e. The summed E-state index contributed by atoms with van der Waals surface area (Å²) in [6.07, 6.45) is 9.52. The van der Waals surface area contributed by atoms with Gasteiger partial charge in [-0.1, -0.05) is 22.9 Å². The van der Waals surface area contributed by atoms with E-state index < -0.39 is 0 Å². The zero-order valence-electron chi connectivity index (χ0n) is 9.56. The Morgan fingerprint density at radius 2 is 1.60 bits per heavy atom. The Morgan fingerprint density at radius 1 is 1.00 bits per heavy atom. The lowest BCUT2D eigenvalue weighted by Gasteiger charge is -2.51. The SMILES string of the molecule is CCC12CCC(CCCCBr)(CC1)OO2. The maximum atomic E-state index is 5.69. The molecule has 1 aliphatic carbocycles. The van der Waals surface area contributed by atoms with E-state index in [-0.39, 0.29) is 11.2 Å². The van der Waals surface area contributed by atoms with Crippen LogP contribution in [0.4, 0.5) is 0 Å². The van der Waals surface area contributed by atoms with Crippen LogP contribution in [0, 0.1) is 0 Å². The quantitative estimate of drug-likeness (QED) is 0.430. The van der Waals surface area contributed by atoms with E-state index in [1.165, 1.54) is 44.9 Å². The summed E-state index contributed by atoms with van der Waals surface area (Å²) < 4.78 is 0. The molecule has 15 heavy (non-hydrogen) atoms. The Kier molecular flexibility index (Phi) is 3.74. The summed E-state index contributed by atoms with van der Waals surface area (Å²) in [6, 6.07) is 0. The number of rotatable bonds is 5. The number of fused-ring (bicyclic) bond motifs is 3. The van der Waals surface area contributed by atoms with Gasteiger partial charge in [-0.15, -0.1) is 0 Å². The lowest BCUT2D eigenvalue weighted by molar-refractivity contribution is -0.468. The molecule has 0 aromatic heterocycles.